The zero-order valence-electron chi connectivity index (χ0n) is 13.4. The Balaban J connectivity index is 1.58. The maximum absolute atomic E-state index is 12.2. The Morgan fingerprint density at radius 3 is 2.50 bits per heavy atom. The van der Waals surface area contributed by atoms with Crippen LogP contribution in [0.25, 0.3) is 0 Å². The van der Waals surface area contributed by atoms with E-state index in [1.54, 1.807) is 24.3 Å². The molecule has 0 saturated carbocycles. The predicted octanol–water partition coefficient (Wildman–Crippen LogP) is 2.30. The van der Waals surface area contributed by atoms with Crippen molar-refractivity contribution < 1.29 is 19.0 Å². The molecule has 1 N–H and O–H groups in total. The topological polar surface area (TPSA) is 82.6 Å². The molecule has 2 aromatic heterocycles. The van der Waals surface area contributed by atoms with Gasteiger partial charge in [0.25, 0.3) is 5.91 Å². The highest BCUT2D eigenvalue weighted by molar-refractivity contribution is 6.03. The van der Waals surface area contributed by atoms with Crippen molar-refractivity contribution in [3.05, 3.63) is 42.2 Å². The average Bonchev–Trinajstić information content (AvgIpc) is 2.64. The minimum absolute atomic E-state index is 0.122. The number of hydrogen-bond donors (Lipinski definition) is 1. The van der Waals surface area contributed by atoms with Gasteiger partial charge < -0.3 is 19.5 Å². The molecule has 0 spiro atoms. The van der Waals surface area contributed by atoms with Crippen molar-refractivity contribution in [1.82, 2.24) is 9.97 Å². The van der Waals surface area contributed by atoms with Crippen molar-refractivity contribution in [1.29, 1.82) is 0 Å². The highest BCUT2D eigenvalue weighted by Gasteiger charge is 2.16. The van der Waals surface area contributed by atoms with Gasteiger partial charge in [0.15, 0.2) is 0 Å². The first-order valence-electron chi connectivity index (χ1n) is 7.76. The smallest absolute Gasteiger partial charge is 0.257 e. The van der Waals surface area contributed by atoms with Gasteiger partial charge in [0.1, 0.15) is 6.10 Å². The zero-order chi connectivity index (χ0) is 16.8. The van der Waals surface area contributed by atoms with Crippen LogP contribution in [0.1, 0.15) is 23.2 Å². The number of hydrogen-bond acceptors (Lipinski definition) is 6. The van der Waals surface area contributed by atoms with Crippen molar-refractivity contribution in [2.75, 3.05) is 25.6 Å². The second kappa shape index (κ2) is 7.74. The Labute approximate surface area is 140 Å². The third kappa shape index (κ3) is 4.20. The number of carbonyl (C=O) groups is 1. The summed E-state index contributed by atoms with van der Waals surface area (Å²) in [6.07, 6.45) is 4.87. The van der Waals surface area contributed by atoms with Crippen molar-refractivity contribution in [3.63, 3.8) is 0 Å². The van der Waals surface area contributed by atoms with Crippen LogP contribution in [0.3, 0.4) is 0 Å². The molecule has 3 heterocycles. The number of amides is 1. The Bertz CT molecular complexity index is 667. The number of rotatable bonds is 5. The maximum Gasteiger partial charge on any atom is 0.257 e. The number of ether oxygens (including phenoxy) is 3. The summed E-state index contributed by atoms with van der Waals surface area (Å²) in [6.45, 7) is 1.42. The van der Waals surface area contributed by atoms with Crippen LogP contribution >= 0.6 is 0 Å². The molecule has 0 bridgehead atoms. The molecule has 1 amide bonds. The lowest BCUT2D eigenvalue weighted by Crippen LogP contribution is -2.26. The summed E-state index contributed by atoms with van der Waals surface area (Å²) >= 11 is 0. The van der Waals surface area contributed by atoms with Gasteiger partial charge >= 0.3 is 0 Å². The Morgan fingerprint density at radius 2 is 1.88 bits per heavy atom. The Kier molecular flexibility index (Phi) is 5.22. The molecular weight excluding hydrogens is 310 g/mol. The minimum Gasteiger partial charge on any atom is -0.481 e. The SMILES string of the molecule is COc1ccc(NC(=O)c2ccc(OC3CCOCC3)nc2)cn1. The number of carbonyl (C=O) groups excluding carboxylic acids is 1. The highest BCUT2D eigenvalue weighted by atomic mass is 16.5. The van der Waals surface area contributed by atoms with Gasteiger partial charge in [-0.25, -0.2) is 9.97 Å². The first-order chi connectivity index (χ1) is 11.7. The molecule has 1 aliphatic rings. The molecule has 7 nitrogen and oxygen atoms in total. The molecule has 0 aliphatic carbocycles. The van der Waals surface area contributed by atoms with Gasteiger partial charge in [-0.2, -0.15) is 0 Å². The van der Waals surface area contributed by atoms with Gasteiger partial charge in [0, 0.05) is 31.2 Å². The van der Waals surface area contributed by atoms with Crippen LogP contribution in [-0.2, 0) is 4.74 Å². The molecule has 1 aliphatic heterocycles. The van der Waals surface area contributed by atoms with E-state index in [0.717, 1.165) is 12.8 Å². The largest absolute Gasteiger partial charge is 0.481 e. The standard InChI is InChI=1S/C17H19N3O4/c1-22-15-5-3-13(11-19-15)20-17(21)12-2-4-16(18-10-12)24-14-6-8-23-9-7-14/h2-5,10-11,14H,6-9H2,1H3,(H,20,21). The lowest BCUT2D eigenvalue weighted by molar-refractivity contribution is 0.0237. The second-order valence-corrected chi connectivity index (χ2v) is 5.36. The molecule has 1 saturated heterocycles. The Morgan fingerprint density at radius 1 is 1.12 bits per heavy atom. The zero-order valence-corrected chi connectivity index (χ0v) is 13.4. The molecule has 2 aromatic rings. The summed E-state index contributed by atoms with van der Waals surface area (Å²) in [5.74, 6) is 0.751. The van der Waals surface area contributed by atoms with Gasteiger partial charge in [0.2, 0.25) is 11.8 Å². The fourth-order valence-corrected chi connectivity index (χ4v) is 2.33. The van der Waals surface area contributed by atoms with Gasteiger partial charge in [-0.05, 0) is 12.1 Å². The molecule has 3 rings (SSSR count). The molecule has 0 aromatic carbocycles. The van der Waals surface area contributed by atoms with Gasteiger partial charge in [-0.1, -0.05) is 0 Å². The third-order valence-electron chi connectivity index (χ3n) is 3.66. The highest BCUT2D eigenvalue weighted by Crippen LogP contribution is 2.17. The van der Waals surface area contributed by atoms with E-state index in [4.69, 9.17) is 14.2 Å². The van der Waals surface area contributed by atoms with E-state index in [1.165, 1.54) is 19.5 Å². The molecular formula is C17H19N3O4. The number of anilines is 1. The summed E-state index contributed by atoms with van der Waals surface area (Å²) in [5.41, 5.74) is 1.04. The number of nitrogens with one attached hydrogen (secondary N) is 1. The van der Waals surface area contributed by atoms with Crippen LogP contribution in [0, 0.1) is 0 Å². The summed E-state index contributed by atoms with van der Waals surface area (Å²) in [5, 5.41) is 2.76. The lowest BCUT2D eigenvalue weighted by Gasteiger charge is -2.22. The second-order valence-electron chi connectivity index (χ2n) is 5.36. The monoisotopic (exact) mass is 329 g/mol. The molecule has 0 atom stereocenters. The van der Waals surface area contributed by atoms with Crippen LogP contribution in [-0.4, -0.2) is 42.3 Å². The van der Waals surface area contributed by atoms with Crippen LogP contribution in [0.5, 0.6) is 11.8 Å². The predicted molar refractivity (Wildman–Crippen MR) is 87.4 cm³/mol. The summed E-state index contributed by atoms with van der Waals surface area (Å²) in [4.78, 5) is 20.4. The van der Waals surface area contributed by atoms with Crippen molar-refractivity contribution >= 4 is 11.6 Å². The summed E-state index contributed by atoms with van der Waals surface area (Å²) in [6, 6.07) is 6.79. The number of pyridine rings is 2. The first-order valence-corrected chi connectivity index (χ1v) is 7.76. The lowest BCUT2D eigenvalue weighted by atomic mass is 10.1. The van der Waals surface area contributed by atoms with E-state index < -0.39 is 0 Å². The van der Waals surface area contributed by atoms with E-state index in [1.807, 2.05) is 0 Å². The van der Waals surface area contributed by atoms with Crippen LogP contribution in [0.2, 0.25) is 0 Å². The van der Waals surface area contributed by atoms with Crippen molar-refractivity contribution in [2.45, 2.75) is 18.9 Å². The van der Waals surface area contributed by atoms with Crippen LogP contribution in [0.15, 0.2) is 36.7 Å². The molecule has 7 heteroatoms. The van der Waals surface area contributed by atoms with E-state index in [0.29, 0.717) is 36.2 Å². The fraction of sp³-hybridized carbons (Fsp3) is 0.353. The first kappa shape index (κ1) is 16.2. The number of methoxy groups -OCH3 is 1. The minimum atomic E-state index is -0.257. The van der Waals surface area contributed by atoms with E-state index in [9.17, 15) is 4.79 Å². The Hall–Kier alpha value is -2.67. The molecule has 126 valence electrons. The number of aromatic nitrogens is 2. The van der Waals surface area contributed by atoms with Gasteiger partial charge in [-0.15, -0.1) is 0 Å². The average molecular weight is 329 g/mol. The molecule has 24 heavy (non-hydrogen) atoms. The fourth-order valence-electron chi connectivity index (χ4n) is 2.33. The normalized spacial score (nSPS) is 14.9. The van der Waals surface area contributed by atoms with E-state index >= 15 is 0 Å². The van der Waals surface area contributed by atoms with E-state index in [2.05, 4.69) is 15.3 Å². The van der Waals surface area contributed by atoms with Crippen LogP contribution < -0.4 is 14.8 Å². The number of nitrogens with zero attached hydrogens (tertiary/aromatic N) is 2. The van der Waals surface area contributed by atoms with Crippen LogP contribution in [0.4, 0.5) is 5.69 Å². The summed E-state index contributed by atoms with van der Waals surface area (Å²) < 4.78 is 16.1. The van der Waals surface area contributed by atoms with Crippen molar-refractivity contribution in [3.8, 4) is 11.8 Å². The molecule has 0 unspecified atom stereocenters. The maximum atomic E-state index is 12.2. The molecule has 1 fully saturated rings. The molecule has 0 radical (unpaired) electrons. The quantitative estimate of drug-likeness (QED) is 0.906. The van der Waals surface area contributed by atoms with E-state index in [-0.39, 0.29) is 12.0 Å². The van der Waals surface area contributed by atoms with Crippen molar-refractivity contribution in [2.24, 2.45) is 0 Å². The van der Waals surface area contributed by atoms with Gasteiger partial charge in [0.05, 0.1) is 37.8 Å². The summed E-state index contributed by atoms with van der Waals surface area (Å²) in [7, 11) is 1.54. The van der Waals surface area contributed by atoms with Gasteiger partial charge in [-0.3, -0.25) is 4.79 Å². The third-order valence-corrected chi connectivity index (χ3v) is 3.66.